The highest BCUT2D eigenvalue weighted by atomic mass is 79.9. The Morgan fingerprint density at radius 2 is 2.27 bits per heavy atom. The highest BCUT2D eigenvalue weighted by molar-refractivity contribution is 9.10. The van der Waals surface area contributed by atoms with E-state index in [1.807, 2.05) is 0 Å². The van der Waals surface area contributed by atoms with Crippen LogP contribution in [0.1, 0.15) is 16.2 Å². The Labute approximate surface area is 133 Å². The first-order valence-electron chi connectivity index (χ1n) is 6.37. The van der Waals surface area contributed by atoms with Crippen LogP contribution < -0.4 is 5.32 Å². The fourth-order valence-corrected chi connectivity index (χ4v) is 2.30. The lowest BCUT2D eigenvalue weighted by molar-refractivity contribution is 0.102. The molecule has 0 fully saturated rings. The lowest BCUT2D eigenvalue weighted by atomic mass is 10.2. The van der Waals surface area contributed by atoms with Gasteiger partial charge in [-0.3, -0.25) is 9.89 Å². The van der Waals surface area contributed by atoms with Gasteiger partial charge >= 0.3 is 0 Å². The van der Waals surface area contributed by atoms with Gasteiger partial charge < -0.3 is 5.32 Å². The van der Waals surface area contributed by atoms with Crippen LogP contribution in [0.25, 0.3) is 5.69 Å². The number of rotatable bonds is 3. The Balaban J connectivity index is 1.83. The molecule has 0 aliphatic heterocycles. The number of nitrogens with one attached hydrogen (secondary N) is 2. The quantitative estimate of drug-likeness (QED) is 0.750. The molecule has 0 atom stereocenters. The van der Waals surface area contributed by atoms with Crippen molar-refractivity contribution in [3.63, 3.8) is 0 Å². The second-order valence-corrected chi connectivity index (χ2v) is 5.38. The molecule has 22 heavy (non-hydrogen) atoms. The second-order valence-electron chi connectivity index (χ2n) is 4.58. The molecule has 112 valence electrons. The fraction of sp³-hybridized carbons (Fsp3) is 0.0714. The van der Waals surface area contributed by atoms with E-state index in [-0.39, 0.29) is 5.69 Å². The third-order valence-corrected chi connectivity index (χ3v) is 4.01. The number of H-pyrrole nitrogens is 1. The second kappa shape index (κ2) is 5.72. The summed E-state index contributed by atoms with van der Waals surface area (Å²) in [5, 5.41) is 13.2. The van der Waals surface area contributed by atoms with Crippen LogP contribution in [-0.4, -0.2) is 25.9 Å². The maximum atomic E-state index is 14.1. The Hall–Kier alpha value is -2.48. The van der Waals surface area contributed by atoms with Gasteiger partial charge in [-0.05, 0) is 47.1 Å². The topological polar surface area (TPSA) is 75.6 Å². The molecule has 0 unspecified atom stereocenters. The molecule has 2 N–H and O–H groups in total. The maximum Gasteiger partial charge on any atom is 0.277 e. The molecule has 0 aliphatic rings. The molecule has 0 aliphatic carbocycles. The zero-order valence-electron chi connectivity index (χ0n) is 11.5. The third-order valence-electron chi connectivity index (χ3n) is 3.04. The van der Waals surface area contributed by atoms with Crippen molar-refractivity contribution in [2.24, 2.45) is 0 Å². The van der Waals surface area contributed by atoms with Crippen molar-refractivity contribution in [1.82, 2.24) is 20.0 Å². The van der Waals surface area contributed by atoms with Crippen LogP contribution in [0.2, 0.25) is 0 Å². The summed E-state index contributed by atoms with van der Waals surface area (Å²) in [5.41, 5.74) is 1.60. The number of amides is 1. The molecule has 2 heterocycles. The molecule has 1 aromatic carbocycles. The lowest BCUT2D eigenvalue weighted by Crippen LogP contribution is -2.13. The SMILES string of the molecule is Cc1[nH]nc(C(=O)Nc2ccc(-n3cccn3)c(F)c2)c1Br. The van der Waals surface area contributed by atoms with E-state index in [9.17, 15) is 9.18 Å². The molecule has 8 heteroatoms. The molecule has 2 aromatic heterocycles. The number of hydrogen-bond donors (Lipinski definition) is 2. The molecule has 1 amide bonds. The van der Waals surface area contributed by atoms with E-state index < -0.39 is 11.7 Å². The number of hydrogen-bond acceptors (Lipinski definition) is 3. The Kier molecular flexibility index (Phi) is 3.76. The van der Waals surface area contributed by atoms with Gasteiger partial charge in [-0.15, -0.1) is 0 Å². The van der Waals surface area contributed by atoms with Gasteiger partial charge in [0, 0.05) is 23.8 Å². The molecular weight excluding hydrogens is 353 g/mol. The van der Waals surface area contributed by atoms with Crippen LogP contribution in [0.4, 0.5) is 10.1 Å². The average molecular weight is 364 g/mol. The van der Waals surface area contributed by atoms with Crippen LogP contribution in [-0.2, 0) is 0 Å². The van der Waals surface area contributed by atoms with Gasteiger partial charge in [-0.1, -0.05) is 0 Å². The van der Waals surface area contributed by atoms with Gasteiger partial charge in [0.25, 0.3) is 5.91 Å². The van der Waals surface area contributed by atoms with Crippen molar-refractivity contribution in [2.45, 2.75) is 6.92 Å². The number of halogens is 2. The number of aryl methyl sites for hydroxylation is 1. The van der Waals surface area contributed by atoms with E-state index in [2.05, 4.69) is 36.5 Å². The average Bonchev–Trinajstić information content (AvgIpc) is 3.11. The molecule has 0 spiro atoms. The number of benzene rings is 1. The predicted octanol–water partition coefficient (Wildman–Crippen LogP) is 3.06. The summed E-state index contributed by atoms with van der Waals surface area (Å²) in [5.74, 6) is -0.916. The molecule has 6 nitrogen and oxygen atoms in total. The van der Waals surface area contributed by atoms with E-state index in [4.69, 9.17) is 0 Å². The summed E-state index contributed by atoms with van der Waals surface area (Å²) in [6.45, 7) is 1.78. The third kappa shape index (κ3) is 2.64. The zero-order valence-corrected chi connectivity index (χ0v) is 13.1. The molecular formula is C14H11BrFN5O. The number of aromatic amines is 1. The number of carbonyl (C=O) groups is 1. The van der Waals surface area contributed by atoms with Crippen molar-refractivity contribution in [2.75, 3.05) is 5.32 Å². The van der Waals surface area contributed by atoms with E-state index in [0.717, 1.165) is 5.69 Å². The van der Waals surface area contributed by atoms with Gasteiger partial charge in [-0.2, -0.15) is 10.2 Å². The Morgan fingerprint density at radius 3 is 2.86 bits per heavy atom. The predicted molar refractivity (Wildman–Crippen MR) is 82.5 cm³/mol. The minimum atomic E-state index is -0.487. The fourth-order valence-electron chi connectivity index (χ4n) is 1.94. The largest absolute Gasteiger partial charge is 0.320 e. The van der Waals surface area contributed by atoms with Gasteiger partial charge in [0.2, 0.25) is 0 Å². The van der Waals surface area contributed by atoms with Gasteiger partial charge in [0.15, 0.2) is 11.5 Å². The molecule has 0 radical (unpaired) electrons. The molecule has 0 bridgehead atoms. The minimum Gasteiger partial charge on any atom is -0.320 e. The first kappa shape index (κ1) is 14.5. The summed E-state index contributed by atoms with van der Waals surface area (Å²) in [4.78, 5) is 12.1. The summed E-state index contributed by atoms with van der Waals surface area (Å²) in [7, 11) is 0. The lowest BCUT2D eigenvalue weighted by Gasteiger charge is -2.07. The summed E-state index contributed by atoms with van der Waals surface area (Å²) in [6, 6.07) is 6.09. The molecule has 0 saturated carbocycles. The van der Waals surface area contributed by atoms with Crippen molar-refractivity contribution < 1.29 is 9.18 Å². The Bertz CT molecular complexity index is 828. The summed E-state index contributed by atoms with van der Waals surface area (Å²) >= 11 is 3.28. The van der Waals surface area contributed by atoms with Gasteiger partial charge in [0.05, 0.1) is 4.47 Å². The highest BCUT2D eigenvalue weighted by Crippen LogP contribution is 2.21. The van der Waals surface area contributed by atoms with Crippen LogP contribution in [0.3, 0.4) is 0 Å². The minimum absolute atomic E-state index is 0.217. The first-order valence-corrected chi connectivity index (χ1v) is 7.17. The zero-order chi connectivity index (χ0) is 15.7. The number of carbonyl (C=O) groups excluding carboxylic acids is 1. The van der Waals surface area contributed by atoms with Crippen molar-refractivity contribution >= 4 is 27.5 Å². The van der Waals surface area contributed by atoms with Crippen LogP contribution in [0.15, 0.2) is 41.1 Å². The van der Waals surface area contributed by atoms with E-state index >= 15 is 0 Å². The van der Waals surface area contributed by atoms with E-state index in [0.29, 0.717) is 15.8 Å². The maximum absolute atomic E-state index is 14.1. The summed E-state index contributed by atoms with van der Waals surface area (Å²) < 4.78 is 16.1. The standard InChI is InChI=1S/C14H11BrFN5O/c1-8-12(15)13(20-19-8)14(22)18-9-3-4-11(10(16)7-9)21-6-2-5-17-21/h2-7H,1H3,(H,18,22)(H,19,20). The Morgan fingerprint density at radius 1 is 1.45 bits per heavy atom. The van der Waals surface area contributed by atoms with Crippen LogP contribution in [0.5, 0.6) is 0 Å². The summed E-state index contributed by atoms with van der Waals surface area (Å²) in [6.07, 6.45) is 3.20. The smallest absolute Gasteiger partial charge is 0.277 e. The number of aromatic nitrogens is 4. The van der Waals surface area contributed by atoms with Gasteiger partial charge in [-0.25, -0.2) is 9.07 Å². The highest BCUT2D eigenvalue weighted by Gasteiger charge is 2.16. The van der Waals surface area contributed by atoms with Crippen molar-refractivity contribution in [1.29, 1.82) is 0 Å². The van der Waals surface area contributed by atoms with Crippen LogP contribution >= 0.6 is 15.9 Å². The van der Waals surface area contributed by atoms with Crippen LogP contribution in [0, 0.1) is 12.7 Å². The van der Waals surface area contributed by atoms with Gasteiger partial charge in [0.1, 0.15) is 5.69 Å². The number of anilines is 1. The molecule has 3 aromatic rings. The molecule has 0 saturated heterocycles. The number of nitrogens with zero attached hydrogens (tertiary/aromatic N) is 3. The first-order chi connectivity index (χ1) is 10.6. The molecule has 3 rings (SSSR count). The van der Waals surface area contributed by atoms with Crippen molar-refractivity contribution in [3.8, 4) is 5.69 Å². The van der Waals surface area contributed by atoms with Crippen molar-refractivity contribution in [3.05, 3.63) is 58.3 Å². The van der Waals surface area contributed by atoms with E-state index in [1.54, 1.807) is 37.5 Å². The monoisotopic (exact) mass is 363 g/mol. The van der Waals surface area contributed by atoms with E-state index in [1.165, 1.54) is 10.7 Å². The normalized spacial score (nSPS) is 10.7.